The lowest BCUT2D eigenvalue weighted by molar-refractivity contribution is 0.463. The first-order valence-electron chi connectivity index (χ1n) is 4.59. The Morgan fingerprint density at radius 2 is 2.00 bits per heavy atom. The number of hydrogen-bond donors (Lipinski definition) is 0. The van der Waals surface area contributed by atoms with Crippen LogP contribution in [0.1, 0.15) is 38.3 Å². The van der Waals surface area contributed by atoms with E-state index in [2.05, 4.69) is 25.8 Å². The Labute approximate surface area is 79.0 Å². The van der Waals surface area contributed by atoms with Gasteiger partial charge in [0.05, 0.1) is 6.20 Å². The molecule has 0 saturated heterocycles. The van der Waals surface area contributed by atoms with Crippen molar-refractivity contribution in [3.63, 3.8) is 0 Å². The van der Waals surface area contributed by atoms with Gasteiger partial charge in [0.25, 0.3) is 0 Å². The lowest BCUT2D eigenvalue weighted by atomic mass is 9.80. The van der Waals surface area contributed by atoms with Crippen molar-refractivity contribution in [1.29, 1.82) is 0 Å². The molecule has 0 bridgehead atoms. The van der Waals surface area contributed by atoms with Crippen LogP contribution in [0.4, 0.5) is 4.39 Å². The topological polar surface area (TPSA) is 12.9 Å². The Kier molecular flexibility index (Phi) is 2.69. The van der Waals surface area contributed by atoms with E-state index in [1.54, 1.807) is 6.20 Å². The van der Waals surface area contributed by atoms with Gasteiger partial charge in [-0.15, -0.1) is 0 Å². The van der Waals surface area contributed by atoms with Crippen LogP contribution >= 0.6 is 0 Å². The third-order valence-corrected chi connectivity index (χ3v) is 2.65. The fraction of sp³-hybridized carbons (Fsp3) is 0.545. The van der Waals surface area contributed by atoms with Crippen molar-refractivity contribution in [2.24, 2.45) is 0 Å². The molecule has 1 aromatic rings. The third kappa shape index (κ3) is 1.87. The summed E-state index contributed by atoms with van der Waals surface area (Å²) in [5.74, 6) is -0.188. The fourth-order valence-corrected chi connectivity index (χ4v) is 1.57. The van der Waals surface area contributed by atoms with Gasteiger partial charge in [-0.3, -0.25) is 4.98 Å². The molecule has 72 valence electrons. The maximum atomic E-state index is 13.5. The third-order valence-electron chi connectivity index (χ3n) is 2.65. The molecule has 0 unspecified atom stereocenters. The molecule has 1 rings (SSSR count). The van der Waals surface area contributed by atoms with Crippen LogP contribution in [0.5, 0.6) is 0 Å². The molecule has 0 fully saturated rings. The van der Waals surface area contributed by atoms with E-state index in [4.69, 9.17) is 0 Å². The van der Waals surface area contributed by atoms with Crippen LogP contribution in [-0.4, -0.2) is 4.98 Å². The van der Waals surface area contributed by atoms with E-state index in [0.29, 0.717) is 0 Å². The van der Waals surface area contributed by atoms with Gasteiger partial charge in [0.1, 0.15) is 5.82 Å². The molecule has 0 aliphatic rings. The molecule has 0 atom stereocenters. The summed E-state index contributed by atoms with van der Waals surface area (Å²) < 4.78 is 13.5. The number of hydrogen-bond acceptors (Lipinski definition) is 1. The summed E-state index contributed by atoms with van der Waals surface area (Å²) in [7, 11) is 0. The van der Waals surface area contributed by atoms with Gasteiger partial charge in [-0.1, -0.05) is 20.8 Å². The normalized spacial score (nSPS) is 11.8. The fourth-order valence-electron chi connectivity index (χ4n) is 1.57. The molecule has 1 aromatic heterocycles. The predicted molar refractivity (Wildman–Crippen MR) is 52.2 cm³/mol. The molecule has 1 heterocycles. The summed E-state index contributed by atoms with van der Waals surface area (Å²) in [6, 6.07) is 0. The highest BCUT2D eigenvalue weighted by atomic mass is 19.1. The molecule has 2 heteroatoms. The SMILES string of the molecule is CCC(C)(C)c1c(C)cncc1F. The zero-order chi connectivity index (χ0) is 10.1. The highest BCUT2D eigenvalue weighted by molar-refractivity contribution is 5.30. The number of aryl methyl sites for hydroxylation is 1. The average Bonchev–Trinajstić information content (AvgIpc) is 2.03. The molecule has 13 heavy (non-hydrogen) atoms. The Morgan fingerprint density at radius 3 is 2.46 bits per heavy atom. The quantitative estimate of drug-likeness (QED) is 0.682. The molecule has 0 aromatic carbocycles. The van der Waals surface area contributed by atoms with Gasteiger partial charge in [-0.25, -0.2) is 4.39 Å². The van der Waals surface area contributed by atoms with Crippen molar-refractivity contribution in [2.75, 3.05) is 0 Å². The Balaban J connectivity index is 3.28. The summed E-state index contributed by atoms with van der Waals surface area (Å²) in [6.45, 7) is 8.08. The van der Waals surface area contributed by atoms with Gasteiger partial charge in [0, 0.05) is 6.20 Å². The molecule has 0 radical (unpaired) electrons. The van der Waals surface area contributed by atoms with Crippen molar-refractivity contribution in [2.45, 2.75) is 39.5 Å². The first-order chi connectivity index (χ1) is 5.99. The number of halogens is 1. The zero-order valence-electron chi connectivity index (χ0n) is 8.69. The molecule has 1 nitrogen and oxygen atoms in total. The molecule has 0 aliphatic heterocycles. The number of nitrogens with zero attached hydrogens (tertiary/aromatic N) is 1. The Bertz CT molecular complexity index is 285. The van der Waals surface area contributed by atoms with Gasteiger partial charge in [-0.2, -0.15) is 0 Å². The van der Waals surface area contributed by atoms with E-state index in [0.717, 1.165) is 17.5 Å². The molecule has 0 amide bonds. The molecule has 0 aliphatic carbocycles. The smallest absolute Gasteiger partial charge is 0.145 e. The average molecular weight is 181 g/mol. The van der Waals surface area contributed by atoms with E-state index in [-0.39, 0.29) is 11.2 Å². The Hall–Kier alpha value is -0.920. The summed E-state index contributed by atoms with van der Waals surface area (Å²) in [5.41, 5.74) is 1.63. The largest absolute Gasteiger partial charge is 0.261 e. The van der Waals surface area contributed by atoms with Gasteiger partial charge < -0.3 is 0 Å². The van der Waals surface area contributed by atoms with Crippen molar-refractivity contribution in [3.05, 3.63) is 29.3 Å². The second kappa shape index (κ2) is 3.44. The second-order valence-electron chi connectivity index (χ2n) is 4.05. The Morgan fingerprint density at radius 1 is 1.38 bits per heavy atom. The van der Waals surface area contributed by atoms with Crippen LogP contribution in [0, 0.1) is 12.7 Å². The lowest BCUT2D eigenvalue weighted by Crippen LogP contribution is -2.19. The van der Waals surface area contributed by atoms with Crippen molar-refractivity contribution < 1.29 is 4.39 Å². The summed E-state index contributed by atoms with van der Waals surface area (Å²) in [6.07, 6.45) is 3.93. The van der Waals surface area contributed by atoms with E-state index < -0.39 is 0 Å². The molecule has 0 spiro atoms. The summed E-state index contributed by atoms with van der Waals surface area (Å²) >= 11 is 0. The van der Waals surface area contributed by atoms with Crippen molar-refractivity contribution in [3.8, 4) is 0 Å². The van der Waals surface area contributed by atoms with Gasteiger partial charge in [0.2, 0.25) is 0 Å². The molecule has 0 saturated carbocycles. The van der Waals surface area contributed by atoms with E-state index in [9.17, 15) is 4.39 Å². The van der Waals surface area contributed by atoms with Crippen LogP contribution in [0.2, 0.25) is 0 Å². The maximum Gasteiger partial charge on any atom is 0.145 e. The predicted octanol–water partition coefficient (Wildman–Crippen LogP) is 3.22. The van der Waals surface area contributed by atoms with Gasteiger partial charge >= 0.3 is 0 Å². The number of aromatic nitrogens is 1. The minimum absolute atomic E-state index is 0.100. The van der Waals surface area contributed by atoms with E-state index in [1.807, 2.05) is 6.92 Å². The second-order valence-corrected chi connectivity index (χ2v) is 4.05. The summed E-state index contributed by atoms with van der Waals surface area (Å²) in [5, 5.41) is 0. The highest BCUT2D eigenvalue weighted by Crippen LogP contribution is 2.30. The minimum Gasteiger partial charge on any atom is -0.261 e. The maximum absolute atomic E-state index is 13.5. The first kappa shape index (κ1) is 10.2. The van der Waals surface area contributed by atoms with Crippen molar-refractivity contribution in [1.82, 2.24) is 4.98 Å². The van der Waals surface area contributed by atoms with Gasteiger partial charge in [0.15, 0.2) is 0 Å². The summed E-state index contributed by atoms with van der Waals surface area (Å²) in [4.78, 5) is 3.82. The lowest BCUT2D eigenvalue weighted by Gasteiger charge is -2.25. The van der Waals surface area contributed by atoms with Gasteiger partial charge in [-0.05, 0) is 29.9 Å². The molecular formula is C11H16FN. The van der Waals surface area contributed by atoms with E-state index >= 15 is 0 Å². The van der Waals surface area contributed by atoms with Crippen LogP contribution < -0.4 is 0 Å². The van der Waals surface area contributed by atoms with Crippen LogP contribution in [0.25, 0.3) is 0 Å². The standard InChI is InChI=1S/C11H16FN/c1-5-11(3,4)10-8(2)6-13-7-9(10)12/h6-7H,5H2,1-4H3. The minimum atomic E-state index is -0.188. The number of rotatable bonds is 2. The monoisotopic (exact) mass is 181 g/mol. The van der Waals surface area contributed by atoms with Crippen LogP contribution in [0.3, 0.4) is 0 Å². The number of pyridine rings is 1. The zero-order valence-corrected chi connectivity index (χ0v) is 8.69. The van der Waals surface area contributed by atoms with Crippen LogP contribution in [-0.2, 0) is 5.41 Å². The van der Waals surface area contributed by atoms with E-state index in [1.165, 1.54) is 6.20 Å². The molecule has 0 N–H and O–H groups in total. The van der Waals surface area contributed by atoms with Crippen molar-refractivity contribution >= 4 is 0 Å². The van der Waals surface area contributed by atoms with Crippen LogP contribution in [0.15, 0.2) is 12.4 Å². The highest BCUT2D eigenvalue weighted by Gasteiger charge is 2.23. The first-order valence-corrected chi connectivity index (χ1v) is 4.59. The molecular weight excluding hydrogens is 165 g/mol.